The van der Waals surface area contributed by atoms with Crippen LogP contribution in [0.4, 0.5) is 0 Å². The van der Waals surface area contributed by atoms with E-state index in [0.717, 1.165) is 0 Å². The molecule has 86 valence electrons. The lowest BCUT2D eigenvalue weighted by atomic mass is 10.1. The van der Waals surface area contributed by atoms with E-state index in [1.165, 1.54) is 0 Å². The van der Waals surface area contributed by atoms with Crippen LogP contribution in [-0.2, 0) is 10.0 Å². The van der Waals surface area contributed by atoms with Gasteiger partial charge in [-0.05, 0) is 18.8 Å². The quantitative estimate of drug-likeness (QED) is 0.668. The molecule has 0 aromatic heterocycles. The summed E-state index contributed by atoms with van der Waals surface area (Å²) in [7, 11) is -3.17. The molecule has 0 bridgehead atoms. The Kier molecular flexibility index (Phi) is 6.31. The topological polar surface area (TPSA) is 66.4 Å². The van der Waals surface area contributed by atoms with Crippen LogP contribution in [0.25, 0.3) is 0 Å². The maximum absolute atomic E-state index is 11.2. The molecule has 0 aromatic carbocycles. The summed E-state index contributed by atoms with van der Waals surface area (Å²) >= 11 is 0. The minimum Gasteiger partial charge on any atom is -0.392 e. The van der Waals surface area contributed by atoms with E-state index in [1.807, 2.05) is 20.8 Å². The number of aliphatic hydroxyl groups is 1. The summed E-state index contributed by atoms with van der Waals surface area (Å²) in [5, 5.41) is 9.42. The van der Waals surface area contributed by atoms with Crippen LogP contribution in [0, 0.1) is 5.92 Å². The largest absolute Gasteiger partial charge is 0.392 e. The van der Waals surface area contributed by atoms with Gasteiger partial charge in [-0.3, -0.25) is 0 Å². The number of rotatable bonds is 7. The number of hydrogen-bond donors (Lipinski definition) is 2. The third kappa shape index (κ3) is 7.29. The Bertz CT molecular complexity index is 236. The lowest BCUT2D eigenvalue weighted by Crippen LogP contribution is -2.34. The van der Waals surface area contributed by atoms with Crippen molar-refractivity contribution in [2.24, 2.45) is 5.92 Å². The molecule has 0 aliphatic carbocycles. The second kappa shape index (κ2) is 6.37. The van der Waals surface area contributed by atoms with Gasteiger partial charge in [-0.15, -0.1) is 0 Å². The van der Waals surface area contributed by atoms with E-state index in [9.17, 15) is 13.5 Å². The van der Waals surface area contributed by atoms with Gasteiger partial charge in [0.05, 0.1) is 11.9 Å². The Labute approximate surface area is 86.8 Å². The fourth-order valence-electron chi connectivity index (χ4n) is 1.19. The number of nitrogens with one attached hydrogen (secondary N) is 1. The van der Waals surface area contributed by atoms with Crippen molar-refractivity contribution in [3.63, 3.8) is 0 Å². The zero-order valence-corrected chi connectivity index (χ0v) is 9.97. The highest BCUT2D eigenvalue weighted by molar-refractivity contribution is 7.89. The lowest BCUT2D eigenvalue weighted by Gasteiger charge is -2.13. The minimum absolute atomic E-state index is 0.126. The number of hydrogen-bond acceptors (Lipinski definition) is 3. The fraction of sp³-hybridized carbons (Fsp3) is 1.00. The lowest BCUT2D eigenvalue weighted by molar-refractivity contribution is 0.152. The van der Waals surface area contributed by atoms with Crippen molar-refractivity contribution in [3.05, 3.63) is 0 Å². The molecule has 0 rings (SSSR count). The Morgan fingerprint density at radius 2 is 1.93 bits per heavy atom. The SMILES string of the molecule is CCCS(=O)(=O)NCC(O)CC(C)C. The van der Waals surface area contributed by atoms with Crippen LogP contribution in [-0.4, -0.2) is 31.9 Å². The molecule has 0 aromatic rings. The summed E-state index contributed by atoms with van der Waals surface area (Å²) in [6.45, 7) is 5.91. The molecule has 1 atom stereocenters. The second-order valence-corrected chi connectivity index (χ2v) is 5.88. The van der Waals surface area contributed by atoms with E-state index in [4.69, 9.17) is 0 Å². The first-order chi connectivity index (χ1) is 6.37. The van der Waals surface area contributed by atoms with E-state index in [1.54, 1.807) is 0 Å². The minimum atomic E-state index is -3.17. The monoisotopic (exact) mass is 223 g/mol. The zero-order valence-electron chi connectivity index (χ0n) is 9.16. The first kappa shape index (κ1) is 13.9. The predicted molar refractivity (Wildman–Crippen MR) is 57.5 cm³/mol. The molecule has 0 saturated carbocycles. The molecule has 4 nitrogen and oxygen atoms in total. The normalized spacial score (nSPS) is 14.6. The zero-order chi connectivity index (χ0) is 11.2. The first-order valence-electron chi connectivity index (χ1n) is 5.02. The average molecular weight is 223 g/mol. The smallest absolute Gasteiger partial charge is 0.211 e. The Hall–Kier alpha value is -0.130. The van der Waals surface area contributed by atoms with Crippen molar-refractivity contribution in [1.29, 1.82) is 0 Å². The molecule has 0 radical (unpaired) electrons. The van der Waals surface area contributed by atoms with Crippen LogP contribution in [0.5, 0.6) is 0 Å². The van der Waals surface area contributed by atoms with Crippen LogP contribution < -0.4 is 4.72 Å². The van der Waals surface area contributed by atoms with Gasteiger partial charge in [0.15, 0.2) is 0 Å². The highest BCUT2D eigenvalue weighted by Crippen LogP contribution is 2.03. The van der Waals surface area contributed by atoms with Crippen LogP contribution >= 0.6 is 0 Å². The van der Waals surface area contributed by atoms with Crippen molar-refractivity contribution in [1.82, 2.24) is 4.72 Å². The van der Waals surface area contributed by atoms with Gasteiger partial charge < -0.3 is 5.11 Å². The maximum Gasteiger partial charge on any atom is 0.211 e. The maximum atomic E-state index is 11.2. The van der Waals surface area contributed by atoms with Crippen molar-refractivity contribution in [2.75, 3.05) is 12.3 Å². The van der Waals surface area contributed by atoms with Crippen LogP contribution in [0.1, 0.15) is 33.6 Å². The molecule has 0 fully saturated rings. The molecular weight excluding hydrogens is 202 g/mol. The fourth-order valence-corrected chi connectivity index (χ4v) is 2.32. The number of aliphatic hydroxyl groups excluding tert-OH is 1. The third-order valence-electron chi connectivity index (χ3n) is 1.76. The molecule has 0 aliphatic heterocycles. The molecule has 14 heavy (non-hydrogen) atoms. The molecule has 1 unspecified atom stereocenters. The summed E-state index contributed by atoms with van der Waals surface area (Å²) in [5.41, 5.74) is 0. The molecule has 5 heteroatoms. The van der Waals surface area contributed by atoms with Crippen molar-refractivity contribution >= 4 is 10.0 Å². The Balaban J connectivity index is 3.82. The van der Waals surface area contributed by atoms with Crippen molar-refractivity contribution < 1.29 is 13.5 Å². The summed E-state index contributed by atoms with van der Waals surface area (Å²) in [6, 6.07) is 0. The highest BCUT2D eigenvalue weighted by atomic mass is 32.2. The Morgan fingerprint density at radius 1 is 1.36 bits per heavy atom. The van der Waals surface area contributed by atoms with Crippen LogP contribution in [0.2, 0.25) is 0 Å². The van der Waals surface area contributed by atoms with Gasteiger partial charge in [0.2, 0.25) is 10.0 Å². The highest BCUT2D eigenvalue weighted by Gasteiger charge is 2.12. The van der Waals surface area contributed by atoms with E-state index < -0.39 is 16.1 Å². The standard InChI is InChI=1S/C9H21NO3S/c1-4-5-14(12,13)10-7-9(11)6-8(2)3/h8-11H,4-7H2,1-3H3. The molecule has 0 spiro atoms. The number of sulfonamides is 1. The van der Waals surface area contributed by atoms with Gasteiger partial charge in [-0.25, -0.2) is 13.1 Å². The van der Waals surface area contributed by atoms with Crippen LogP contribution in [0.15, 0.2) is 0 Å². The predicted octanol–water partition coefficient (Wildman–Crippen LogP) is 0.723. The van der Waals surface area contributed by atoms with E-state index in [0.29, 0.717) is 18.8 Å². The van der Waals surface area contributed by atoms with Gasteiger partial charge in [0.25, 0.3) is 0 Å². The summed E-state index contributed by atoms with van der Waals surface area (Å²) in [6.07, 6.45) is 0.631. The summed E-state index contributed by atoms with van der Waals surface area (Å²) < 4.78 is 24.8. The first-order valence-corrected chi connectivity index (χ1v) is 6.68. The average Bonchev–Trinajstić information content (AvgIpc) is 2.00. The third-order valence-corrected chi connectivity index (χ3v) is 3.31. The van der Waals surface area contributed by atoms with Gasteiger partial charge >= 0.3 is 0 Å². The second-order valence-electron chi connectivity index (χ2n) is 3.95. The van der Waals surface area contributed by atoms with Crippen LogP contribution in [0.3, 0.4) is 0 Å². The summed E-state index contributed by atoms with van der Waals surface area (Å²) in [5.74, 6) is 0.502. The molecular formula is C9H21NO3S. The van der Waals surface area contributed by atoms with Gasteiger partial charge in [0.1, 0.15) is 0 Å². The van der Waals surface area contributed by atoms with Gasteiger partial charge in [0, 0.05) is 6.54 Å². The molecule has 0 heterocycles. The molecule has 2 N–H and O–H groups in total. The van der Waals surface area contributed by atoms with E-state index in [2.05, 4.69) is 4.72 Å². The van der Waals surface area contributed by atoms with E-state index in [-0.39, 0.29) is 12.3 Å². The van der Waals surface area contributed by atoms with Crippen molar-refractivity contribution in [2.45, 2.75) is 39.7 Å². The molecule has 0 saturated heterocycles. The van der Waals surface area contributed by atoms with Crippen molar-refractivity contribution in [3.8, 4) is 0 Å². The van der Waals surface area contributed by atoms with Gasteiger partial charge in [-0.2, -0.15) is 0 Å². The van der Waals surface area contributed by atoms with E-state index >= 15 is 0 Å². The Morgan fingerprint density at radius 3 is 2.36 bits per heavy atom. The van der Waals surface area contributed by atoms with Gasteiger partial charge in [-0.1, -0.05) is 20.8 Å². The molecule has 0 aliphatic rings. The summed E-state index contributed by atoms with van der Waals surface area (Å²) in [4.78, 5) is 0. The molecule has 0 amide bonds.